The highest BCUT2D eigenvalue weighted by Gasteiger charge is 2.27. The Morgan fingerprint density at radius 3 is 3.25 bits per heavy atom. The van der Waals surface area contributed by atoms with E-state index in [2.05, 4.69) is 31.5 Å². The van der Waals surface area contributed by atoms with Crippen LogP contribution in [0, 0.1) is 4.77 Å². The lowest BCUT2D eigenvalue weighted by molar-refractivity contribution is -0.124. The Balaban J connectivity index is 1.30. The maximum atomic E-state index is 12.2. The first-order valence-electron chi connectivity index (χ1n) is 8.32. The third-order valence-electron chi connectivity index (χ3n) is 4.51. The van der Waals surface area contributed by atoms with Gasteiger partial charge in [0.25, 0.3) is 0 Å². The number of hydrogen-bond acceptors (Lipinski definition) is 5. The molecule has 2 aromatic heterocycles. The Hall–Kier alpha value is -1.51. The van der Waals surface area contributed by atoms with Crippen LogP contribution < -0.4 is 5.32 Å². The molecule has 128 valence electrons. The van der Waals surface area contributed by atoms with E-state index in [1.165, 1.54) is 10.4 Å². The predicted octanol–water partition coefficient (Wildman–Crippen LogP) is 2.70. The zero-order valence-electron chi connectivity index (χ0n) is 13.3. The molecule has 1 amide bonds. The lowest BCUT2D eigenvalue weighted by atomic mass is 10.0. The van der Waals surface area contributed by atoms with Gasteiger partial charge in [-0.3, -0.25) is 9.89 Å². The Kier molecular flexibility index (Phi) is 4.51. The van der Waals surface area contributed by atoms with Gasteiger partial charge in [-0.25, -0.2) is 0 Å². The van der Waals surface area contributed by atoms with Crippen molar-refractivity contribution in [3.8, 4) is 0 Å². The van der Waals surface area contributed by atoms with Crippen LogP contribution in [0.2, 0.25) is 0 Å². The van der Waals surface area contributed by atoms with Gasteiger partial charge < -0.3 is 14.6 Å². The largest absolute Gasteiger partial charge is 0.373 e. The minimum Gasteiger partial charge on any atom is -0.373 e. The topological polar surface area (TPSA) is 71.9 Å². The molecule has 1 aliphatic carbocycles. The predicted molar refractivity (Wildman–Crippen MR) is 93.7 cm³/mol. The Morgan fingerprint density at radius 2 is 2.42 bits per heavy atom. The molecule has 4 rings (SSSR count). The van der Waals surface area contributed by atoms with E-state index in [-0.39, 0.29) is 12.0 Å². The molecule has 0 spiro atoms. The fourth-order valence-electron chi connectivity index (χ4n) is 3.17. The van der Waals surface area contributed by atoms with Crippen molar-refractivity contribution in [1.29, 1.82) is 0 Å². The molecule has 8 heteroatoms. The van der Waals surface area contributed by atoms with Gasteiger partial charge in [0.2, 0.25) is 5.91 Å². The molecule has 2 N–H and O–H groups in total. The van der Waals surface area contributed by atoms with Crippen molar-refractivity contribution in [3.05, 3.63) is 32.5 Å². The number of aromatic amines is 1. The average Bonchev–Trinajstić information content (AvgIpc) is 3.15. The first-order chi connectivity index (χ1) is 11.7. The quantitative estimate of drug-likeness (QED) is 0.773. The molecule has 1 unspecified atom stereocenters. The maximum absolute atomic E-state index is 12.2. The second kappa shape index (κ2) is 6.78. The third kappa shape index (κ3) is 3.31. The molecule has 3 heterocycles. The van der Waals surface area contributed by atoms with E-state index in [0.717, 1.165) is 25.1 Å². The molecule has 0 bridgehead atoms. The first-order valence-corrected chi connectivity index (χ1v) is 9.61. The van der Waals surface area contributed by atoms with E-state index in [1.807, 2.05) is 0 Å². The van der Waals surface area contributed by atoms with Gasteiger partial charge in [-0.2, -0.15) is 5.10 Å². The Morgan fingerprint density at radius 1 is 1.54 bits per heavy atom. The van der Waals surface area contributed by atoms with Crippen molar-refractivity contribution < 1.29 is 9.53 Å². The molecule has 1 saturated carbocycles. The molecule has 24 heavy (non-hydrogen) atoms. The van der Waals surface area contributed by atoms with Crippen molar-refractivity contribution in [3.63, 3.8) is 0 Å². The maximum Gasteiger partial charge on any atom is 0.222 e. The average molecular weight is 364 g/mol. The summed E-state index contributed by atoms with van der Waals surface area (Å²) in [5.41, 5.74) is 1.18. The van der Waals surface area contributed by atoms with Crippen LogP contribution in [-0.4, -0.2) is 33.8 Å². The summed E-state index contributed by atoms with van der Waals surface area (Å²) >= 11 is 7.02. The summed E-state index contributed by atoms with van der Waals surface area (Å²) in [5.74, 6) is 0.947. The fraction of sp³-hybridized carbons (Fsp3) is 0.562. The van der Waals surface area contributed by atoms with Crippen LogP contribution >= 0.6 is 23.6 Å². The van der Waals surface area contributed by atoms with E-state index < -0.39 is 0 Å². The highest BCUT2D eigenvalue weighted by molar-refractivity contribution is 7.71. The number of fused-ring (bicyclic) bond motifs is 1. The molecule has 1 aliphatic heterocycles. The first kappa shape index (κ1) is 16.0. The number of nitrogens with zero attached hydrogens (tertiary/aromatic N) is 2. The number of carbonyl (C=O) groups excluding carboxylic acids is 1. The van der Waals surface area contributed by atoms with Crippen LogP contribution in [0.15, 0.2) is 11.4 Å². The van der Waals surface area contributed by atoms with E-state index in [9.17, 15) is 4.79 Å². The number of carbonyl (C=O) groups is 1. The minimum atomic E-state index is -0.110. The van der Waals surface area contributed by atoms with Crippen LogP contribution in [0.25, 0.3) is 0 Å². The molecule has 0 saturated heterocycles. The van der Waals surface area contributed by atoms with Crippen molar-refractivity contribution in [2.45, 2.75) is 44.2 Å². The zero-order chi connectivity index (χ0) is 16.5. The number of amides is 1. The Bertz CT molecular complexity index is 790. The SMILES string of the molecule is O=C(CC1OCCc2sccc21)NCCc1n[nH]c(=S)n1C1CC1. The lowest BCUT2D eigenvalue weighted by Crippen LogP contribution is -2.29. The van der Waals surface area contributed by atoms with Crippen LogP contribution in [-0.2, 0) is 22.4 Å². The number of rotatable bonds is 6. The van der Waals surface area contributed by atoms with Crippen molar-refractivity contribution in [2.24, 2.45) is 0 Å². The monoisotopic (exact) mass is 364 g/mol. The second-order valence-corrected chi connectivity index (χ2v) is 7.65. The molecule has 0 radical (unpaired) electrons. The van der Waals surface area contributed by atoms with Gasteiger partial charge in [-0.15, -0.1) is 11.3 Å². The van der Waals surface area contributed by atoms with Crippen LogP contribution in [0.1, 0.15) is 47.7 Å². The van der Waals surface area contributed by atoms with E-state index in [0.29, 0.717) is 36.8 Å². The smallest absolute Gasteiger partial charge is 0.222 e. The molecule has 2 aromatic rings. The fourth-order valence-corrected chi connectivity index (χ4v) is 4.39. The number of ether oxygens (including phenoxy) is 1. The van der Waals surface area contributed by atoms with Gasteiger partial charge >= 0.3 is 0 Å². The summed E-state index contributed by atoms with van der Waals surface area (Å²) in [6, 6.07) is 2.57. The van der Waals surface area contributed by atoms with Gasteiger partial charge in [0.15, 0.2) is 4.77 Å². The van der Waals surface area contributed by atoms with Crippen LogP contribution in [0.5, 0.6) is 0 Å². The second-order valence-electron chi connectivity index (χ2n) is 6.26. The molecule has 0 aromatic carbocycles. The van der Waals surface area contributed by atoms with Gasteiger partial charge in [0, 0.05) is 30.3 Å². The van der Waals surface area contributed by atoms with Gasteiger partial charge in [-0.1, -0.05) is 0 Å². The summed E-state index contributed by atoms with van der Waals surface area (Å²) in [4.78, 5) is 13.6. The van der Waals surface area contributed by atoms with Crippen LogP contribution in [0.4, 0.5) is 0 Å². The van der Waals surface area contributed by atoms with Crippen LogP contribution in [0.3, 0.4) is 0 Å². The molecule has 2 aliphatic rings. The van der Waals surface area contributed by atoms with E-state index >= 15 is 0 Å². The number of thiophene rings is 1. The molecule has 1 atom stereocenters. The summed E-state index contributed by atoms with van der Waals surface area (Å²) in [7, 11) is 0. The highest BCUT2D eigenvalue weighted by Crippen LogP contribution is 2.36. The Labute approximate surface area is 149 Å². The molecule has 1 fully saturated rings. The minimum absolute atomic E-state index is 0.0196. The van der Waals surface area contributed by atoms with Gasteiger partial charge in [0.05, 0.1) is 19.1 Å². The summed E-state index contributed by atoms with van der Waals surface area (Å²) in [5, 5.41) is 12.2. The molecular formula is C16H20N4O2S2. The standard InChI is InChI=1S/C16H20N4O2S2/c21-15(9-12-11-5-8-24-13(11)4-7-22-12)17-6-3-14-18-19-16(23)20(14)10-1-2-10/h5,8,10,12H,1-4,6-7,9H2,(H,17,21)(H,19,23). The zero-order valence-corrected chi connectivity index (χ0v) is 14.9. The van der Waals surface area contributed by atoms with Gasteiger partial charge in [-0.05, 0) is 42.1 Å². The number of H-pyrrole nitrogens is 1. The summed E-state index contributed by atoms with van der Waals surface area (Å²) < 4.78 is 8.54. The number of aromatic nitrogens is 3. The summed E-state index contributed by atoms with van der Waals surface area (Å²) in [6.07, 6.45) is 4.23. The number of hydrogen-bond donors (Lipinski definition) is 2. The van der Waals surface area contributed by atoms with Crippen molar-refractivity contribution >= 4 is 29.5 Å². The van der Waals surface area contributed by atoms with Crippen molar-refractivity contribution in [1.82, 2.24) is 20.1 Å². The van der Waals surface area contributed by atoms with Gasteiger partial charge in [0.1, 0.15) is 5.82 Å². The van der Waals surface area contributed by atoms with E-state index in [4.69, 9.17) is 17.0 Å². The highest BCUT2D eigenvalue weighted by atomic mass is 32.1. The normalized spacial score (nSPS) is 19.9. The summed E-state index contributed by atoms with van der Waals surface area (Å²) in [6.45, 7) is 1.26. The third-order valence-corrected chi connectivity index (χ3v) is 5.79. The lowest BCUT2D eigenvalue weighted by Gasteiger charge is -2.22. The number of nitrogens with one attached hydrogen (secondary N) is 2. The van der Waals surface area contributed by atoms with Crippen molar-refractivity contribution in [2.75, 3.05) is 13.2 Å². The molecular weight excluding hydrogens is 344 g/mol. The molecule has 6 nitrogen and oxygen atoms in total. The van der Waals surface area contributed by atoms with E-state index in [1.54, 1.807) is 11.3 Å².